The first kappa shape index (κ1) is 18.4. The van der Waals surface area contributed by atoms with Crippen LogP contribution in [0.4, 0.5) is 0 Å². The van der Waals surface area contributed by atoms with Crippen molar-refractivity contribution in [1.82, 2.24) is 19.1 Å². The molecule has 128 valence electrons. The molecule has 0 aliphatic rings. The molecule has 0 aliphatic heterocycles. The van der Waals surface area contributed by atoms with Crippen molar-refractivity contribution in [2.45, 2.75) is 23.9 Å². The summed E-state index contributed by atoms with van der Waals surface area (Å²) in [5.41, 5.74) is 0.669. The predicted octanol–water partition coefficient (Wildman–Crippen LogP) is 2.13. The molecule has 0 bridgehead atoms. The number of benzene rings is 1. The molecule has 24 heavy (non-hydrogen) atoms. The van der Waals surface area contributed by atoms with Gasteiger partial charge in [0.05, 0.1) is 16.7 Å². The third kappa shape index (κ3) is 3.61. The summed E-state index contributed by atoms with van der Waals surface area (Å²) in [6.07, 6.45) is 0. The second-order valence-electron chi connectivity index (χ2n) is 4.93. The molecule has 0 fully saturated rings. The van der Waals surface area contributed by atoms with Crippen LogP contribution in [0.15, 0.2) is 34.3 Å². The smallest absolute Gasteiger partial charge is 0.243 e. The molecule has 7 nitrogen and oxygen atoms in total. The van der Waals surface area contributed by atoms with Gasteiger partial charge >= 0.3 is 0 Å². The number of sulfonamides is 1. The van der Waals surface area contributed by atoms with Crippen LogP contribution in [-0.4, -0.2) is 46.3 Å². The van der Waals surface area contributed by atoms with Crippen molar-refractivity contribution in [3.8, 4) is 17.5 Å². The highest BCUT2D eigenvalue weighted by Gasteiger charge is 2.22. The Balaban J connectivity index is 2.42. The molecule has 0 atom stereocenters. The molecule has 0 radical (unpaired) electrons. The van der Waals surface area contributed by atoms with E-state index in [0.717, 1.165) is 0 Å². The van der Waals surface area contributed by atoms with E-state index >= 15 is 0 Å². The Morgan fingerprint density at radius 2 is 2.00 bits per heavy atom. The molecule has 0 N–H and O–H groups in total. The fourth-order valence-electron chi connectivity index (χ4n) is 2.30. The molecule has 1 aromatic heterocycles. The number of aromatic nitrogens is 3. The lowest BCUT2D eigenvalue weighted by Crippen LogP contribution is -2.30. The fraction of sp³-hybridized carbons (Fsp3) is 0.400. The Kier molecular flexibility index (Phi) is 5.99. The van der Waals surface area contributed by atoms with Crippen molar-refractivity contribution >= 4 is 21.8 Å². The standard InChI is InChI=1S/C15H19N5O2S2/c1-4-20(5-2)24(21,22)13-8-6-7-12(11-13)14-17-18-15(19(14)3)23-10-9-16/h6-8,11H,4-5,10H2,1-3H3. The normalized spacial score (nSPS) is 11.6. The largest absolute Gasteiger partial charge is 0.305 e. The minimum atomic E-state index is -3.52. The zero-order valence-corrected chi connectivity index (χ0v) is 15.4. The highest BCUT2D eigenvalue weighted by molar-refractivity contribution is 7.99. The Bertz CT molecular complexity index is 851. The molecule has 0 aliphatic carbocycles. The summed E-state index contributed by atoms with van der Waals surface area (Å²) in [6, 6.07) is 8.73. The number of thioether (sulfide) groups is 1. The highest BCUT2D eigenvalue weighted by Crippen LogP contribution is 2.25. The van der Waals surface area contributed by atoms with Gasteiger partial charge in [0.15, 0.2) is 11.0 Å². The van der Waals surface area contributed by atoms with Gasteiger partial charge in [0.2, 0.25) is 10.0 Å². The van der Waals surface area contributed by atoms with E-state index in [1.165, 1.54) is 16.1 Å². The molecule has 9 heteroatoms. The molecule has 0 unspecified atom stereocenters. The van der Waals surface area contributed by atoms with E-state index in [0.29, 0.717) is 29.6 Å². The lowest BCUT2D eigenvalue weighted by atomic mass is 10.2. The van der Waals surface area contributed by atoms with Gasteiger partial charge in [-0.2, -0.15) is 9.57 Å². The van der Waals surface area contributed by atoms with Gasteiger partial charge in [-0.25, -0.2) is 8.42 Å². The minimum absolute atomic E-state index is 0.234. The lowest BCUT2D eigenvalue weighted by Gasteiger charge is -2.18. The summed E-state index contributed by atoms with van der Waals surface area (Å²) in [7, 11) is -1.73. The van der Waals surface area contributed by atoms with Crippen LogP contribution in [0, 0.1) is 11.3 Å². The zero-order chi connectivity index (χ0) is 17.7. The molecule has 0 amide bonds. The quantitative estimate of drug-likeness (QED) is 0.698. The van der Waals surface area contributed by atoms with E-state index in [9.17, 15) is 8.42 Å². The van der Waals surface area contributed by atoms with Crippen LogP contribution in [0.2, 0.25) is 0 Å². The molecular formula is C15H19N5O2S2. The SMILES string of the molecule is CCN(CC)S(=O)(=O)c1cccc(-c2nnc(SCC#N)n2C)c1. The van der Waals surface area contributed by atoms with Gasteiger partial charge in [-0.15, -0.1) is 10.2 Å². The topological polar surface area (TPSA) is 91.9 Å². The Hall–Kier alpha value is -1.89. The van der Waals surface area contributed by atoms with Crippen LogP contribution < -0.4 is 0 Å². The first-order chi connectivity index (χ1) is 11.5. The van der Waals surface area contributed by atoms with Gasteiger partial charge in [-0.05, 0) is 12.1 Å². The van der Waals surface area contributed by atoms with Crippen molar-refractivity contribution in [3.63, 3.8) is 0 Å². The van der Waals surface area contributed by atoms with Gasteiger partial charge in [-0.3, -0.25) is 0 Å². The third-order valence-electron chi connectivity index (χ3n) is 3.54. The maximum Gasteiger partial charge on any atom is 0.243 e. The zero-order valence-electron chi connectivity index (χ0n) is 13.8. The van der Waals surface area contributed by atoms with Crippen molar-refractivity contribution in [2.75, 3.05) is 18.8 Å². The Morgan fingerprint density at radius 3 is 2.62 bits per heavy atom. The van der Waals surface area contributed by atoms with Gasteiger partial charge in [0.25, 0.3) is 0 Å². The molecule has 0 saturated carbocycles. The van der Waals surface area contributed by atoms with Crippen molar-refractivity contribution in [1.29, 1.82) is 5.26 Å². The molecule has 2 rings (SSSR count). The van der Waals surface area contributed by atoms with Gasteiger partial charge < -0.3 is 4.57 Å². The summed E-state index contributed by atoms with van der Waals surface area (Å²) < 4.78 is 28.5. The fourth-order valence-corrected chi connectivity index (χ4v) is 4.37. The maximum absolute atomic E-state index is 12.7. The van der Waals surface area contributed by atoms with Gasteiger partial charge in [0, 0.05) is 25.7 Å². The van der Waals surface area contributed by atoms with Crippen LogP contribution in [0.3, 0.4) is 0 Å². The molecular weight excluding hydrogens is 346 g/mol. The molecule has 0 saturated heterocycles. The van der Waals surface area contributed by atoms with Crippen LogP contribution in [0.25, 0.3) is 11.4 Å². The molecule has 1 aromatic carbocycles. The number of hydrogen-bond donors (Lipinski definition) is 0. The first-order valence-electron chi connectivity index (χ1n) is 7.45. The number of nitrogens with zero attached hydrogens (tertiary/aromatic N) is 5. The molecule has 1 heterocycles. The number of nitriles is 1. The Morgan fingerprint density at radius 1 is 1.29 bits per heavy atom. The first-order valence-corrected chi connectivity index (χ1v) is 9.88. The summed E-state index contributed by atoms with van der Waals surface area (Å²) in [6.45, 7) is 4.46. The maximum atomic E-state index is 12.7. The highest BCUT2D eigenvalue weighted by atomic mass is 32.2. The summed E-state index contributed by atoms with van der Waals surface area (Å²) >= 11 is 1.29. The van der Waals surface area contributed by atoms with Crippen molar-refractivity contribution in [3.05, 3.63) is 24.3 Å². The monoisotopic (exact) mass is 365 g/mol. The second-order valence-corrected chi connectivity index (χ2v) is 7.81. The third-order valence-corrected chi connectivity index (χ3v) is 6.47. The van der Waals surface area contributed by atoms with E-state index in [4.69, 9.17) is 5.26 Å². The predicted molar refractivity (Wildman–Crippen MR) is 92.9 cm³/mol. The van der Waals surface area contributed by atoms with E-state index in [-0.39, 0.29) is 10.6 Å². The number of rotatable bonds is 7. The number of hydrogen-bond acceptors (Lipinski definition) is 6. The van der Waals surface area contributed by atoms with E-state index < -0.39 is 10.0 Å². The van der Waals surface area contributed by atoms with E-state index in [1.807, 2.05) is 19.9 Å². The van der Waals surface area contributed by atoms with Crippen molar-refractivity contribution in [2.24, 2.45) is 7.05 Å². The van der Waals surface area contributed by atoms with Crippen LogP contribution in [0.5, 0.6) is 0 Å². The van der Waals surface area contributed by atoms with Gasteiger partial charge in [0.1, 0.15) is 0 Å². The minimum Gasteiger partial charge on any atom is -0.305 e. The Labute approximate surface area is 146 Å². The van der Waals surface area contributed by atoms with Crippen LogP contribution >= 0.6 is 11.8 Å². The average Bonchev–Trinajstić information content (AvgIpc) is 2.94. The molecule has 2 aromatic rings. The average molecular weight is 365 g/mol. The lowest BCUT2D eigenvalue weighted by molar-refractivity contribution is 0.445. The summed E-state index contributed by atoms with van der Waals surface area (Å²) in [5.74, 6) is 0.842. The van der Waals surface area contributed by atoms with Crippen LogP contribution in [0.1, 0.15) is 13.8 Å². The molecule has 0 spiro atoms. The van der Waals surface area contributed by atoms with Gasteiger partial charge in [-0.1, -0.05) is 37.7 Å². The van der Waals surface area contributed by atoms with Crippen molar-refractivity contribution < 1.29 is 8.42 Å². The van der Waals surface area contributed by atoms with E-state index in [2.05, 4.69) is 10.2 Å². The second kappa shape index (κ2) is 7.79. The summed E-state index contributed by atoms with van der Waals surface area (Å²) in [5, 5.41) is 17.5. The summed E-state index contributed by atoms with van der Waals surface area (Å²) in [4.78, 5) is 0.234. The van der Waals surface area contributed by atoms with E-state index in [1.54, 1.807) is 35.9 Å². The van der Waals surface area contributed by atoms with Crippen LogP contribution in [-0.2, 0) is 17.1 Å².